The zero-order chi connectivity index (χ0) is 20.1. The van der Waals surface area contributed by atoms with Crippen LogP contribution in [-0.4, -0.2) is 54.4 Å². The Bertz CT molecular complexity index is 798. The van der Waals surface area contributed by atoms with Crippen molar-refractivity contribution < 1.29 is 32.9 Å². The van der Waals surface area contributed by atoms with Gasteiger partial charge in [-0.3, -0.25) is 4.79 Å². The predicted molar refractivity (Wildman–Crippen MR) is 94.7 cm³/mol. The van der Waals surface area contributed by atoms with E-state index in [2.05, 4.69) is 10.5 Å². The van der Waals surface area contributed by atoms with Crippen molar-refractivity contribution >= 4 is 12.1 Å². The number of benzene rings is 1. The topological polar surface area (TPSA) is 87.6 Å². The predicted octanol–water partition coefficient (Wildman–Crippen LogP) is 1.67. The van der Waals surface area contributed by atoms with E-state index in [1.165, 1.54) is 12.3 Å². The Morgan fingerprint density at radius 1 is 1.04 bits per heavy atom. The number of amides is 1. The summed E-state index contributed by atoms with van der Waals surface area (Å²) in [7, 11) is 0. The summed E-state index contributed by atoms with van der Waals surface area (Å²) in [6.07, 6.45) is -2.33. The van der Waals surface area contributed by atoms with E-state index in [-0.39, 0.29) is 5.56 Å². The minimum absolute atomic E-state index is 0.251. The van der Waals surface area contributed by atoms with Gasteiger partial charge in [0.1, 0.15) is 24.1 Å². The molecule has 1 aromatic carbocycles. The summed E-state index contributed by atoms with van der Waals surface area (Å²) < 4.78 is 43.0. The number of hydrogen-bond acceptors (Lipinski definition) is 7. The third-order valence-corrected chi connectivity index (χ3v) is 4.70. The Morgan fingerprint density at radius 3 is 2.43 bits per heavy atom. The Balaban J connectivity index is 1.50. The highest BCUT2D eigenvalue weighted by molar-refractivity contribution is 5.85. The minimum Gasteiger partial charge on any atom is -0.342 e. The molecule has 4 rings (SSSR count). The van der Waals surface area contributed by atoms with Crippen LogP contribution in [0, 0.1) is 5.82 Å². The van der Waals surface area contributed by atoms with Gasteiger partial charge in [0.15, 0.2) is 24.0 Å². The van der Waals surface area contributed by atoms with Crippen LogP contribution in [0.25, 0.3) is 0 Å². The molecule has 1 N–H and O–H groups in total. The first-order chi connectivity index (χ1) is 13.2. The Labute approximate surface area is 161 Å². The molecule has 0 aliphatic carbocycles. The lowest BCUT2D eigenvalue weighted by molar-refractivity contribution is -0.231. The fourth-order valence-corrected chi connectivity index (χ4v) is 3.63. The summed E-state index contributed by atoms with van der Waals surface area (Å²) >= 11 is 0. The maximum Gasteiger partial charge on any atom is 0.272 e. The standard InChI is InChI=1S/C19H23FN2O6/c1-18(2)25-12-13(26-18)15-17(28-19(3,4)27-15)24-14(12)16(23)22-21-9-10-7-5-6-8-11(10)20/h5-9,12-15,17H,1-4H3,(H,22,23)/t12-,13+,14+,15-,17-/m1/s1. The van der Waals surface area contributed by atoms with Gasteiger partial charge >= 0.3 is 0 Å². The second kappa shape index (κ2) is 6.85. The van der Waals surface area contributed by atoms with Crippen LogP contribution in [0.15, 0.2) is 29.4 Å². The van der Waals surface area contributed by atoms with Gasteiger partial charge in [0, 0.05) is 5.56 Å². The molecule has 0 aromatic heterocycles. The summed E-state index contributed by atoms with van der Waals surface area (Å²) in [6, 6.07) is 6.10. The van der Waals surface area contributed by atoms with E-state index in [1.807, 2.05) is 0 Å². The van der Waals surface area contributed by atoms with Gasteiger partial charge in [-0.2, -0.15) is 5.10 Å². The van der Waals surface area contributed by atoms with E-state index < -0.39 is 54.0 Å². The third kappa shape index (κ3) is 3.68. The molecule has 9 heteroatoms. The van der Waals surface area contributed by atoms with E-state index in [0.29, 0.717) is 0 Å². The van der Waals surface area contributed by atoms with E-state index >= 15 is 0 Å². The molecule has 3 aliphatic rings. The van der Waals surface area contributed by atoms with Crippen LogP contribution >= 0.6 is 0 Å². The fraction of sp³-hybridized carbons (Fsp3) is 0.579. The summed E-state index contributed by atoms with van der Waals surface area (Å²) in [6.45, 7) is 7.04. The fourth-order valence-electron chi connectivity index (χ4n) is 3.63. The quantitative estimate of drug-likeness (QED) is 0.620. The molecule has 5 atom stereocenters. The molecular weight excluding hydrogens is 371 g/mol. The van der Waals surface area contributed by atoms with Gasteiger partial charge in [0.25, 0.3) is 5.91 Å². The number of carbonyl (C=O) groups is 1. The number of halogens is 1. The minimum atomic E-state index is -1.02. The van der Waals surface area contributed by atoms with Crippen molar-refractivity contribution in [3.63, 3.8) is 0 Å². The zero-order valence-corrected chi connectivity index (χ0v) is 16.0. The molecule has 3 aliphatic heterocycles. The average molecular weight is 394 g/mol. The highest BCUT2D eigenvalue weighted by atomic mass is 19.1. The van der Waals surface area contributed by atoms with Crippen LogP contribution in [0.3, 0.4) is 0 Å². The van der Waals surface area contributed by atoms with Crippen LogP contribution in [0.5, 0.6) is 0 Å². The van der Waals surface area contributed by atoms with E-state index in [0.717, 1.165) is 0 Å². The van der Waals surface area contributed by atoms with Crippen molar-refractivity contribution in [3.05, 3.63) is 35.6 Å². The molecule has 1 aromatic rings. The molecule has 3 fully saturated rings. The van der Waals surface area contributed by atoms with Crippen LogP contribution < -0.4 is 5.43 Å². The smallest absolute Gasteiger partial charge is 0.272 e. The van der Waals surface area contributed by atoms with Crippen molar-refractivity contribution in [1.29, 1.82) is 0 Å². The molecule has 1 amide bonds. The van der Waals surface area contributed by atoms with Crippen molar-refractivity contribution in [2.75, 3.05) is 0 Å². The molecular formula is C19H23FN2O6. The molecule has 8 nitrogen and oxygen atoms in total. The van der Waals surface area contributed by atoms with E-state index in [4.69, 9.17) is 23.7 Å². The van der Waals surface area contributed by atoms with Crippen LogP contribution in [-0.2, 0) is 28.5 Å². The summed E-state index contributed by atoms with van der Waals surface area (Å²) in [5, 5.41) is 3.83. The summed E-state index contributed by atoms with van der Waals surface area (Å²) in [4.78, 5) is 12.7. The Morgan fingerprint density at radius 2 is 1.68 bits per heavy atom. The highest BCUT2D eigenvalue weighted by Gasteiger charge is 2.62. The number of ether oxygens (including phenoxy) is 5. The molecule has 0 radical (unpaired) electrons. The number of nitrogens with one attached hydrogen (secondary N) is 1. The van der Waals surface area contributed by atoms with Gasteiger partial charge in [0.05, 0.1) is 6.21 Å². The van der Waals surface area contributed by atoms with Crippen LogP contribution in [0.2, 0.25) is 0 Å². The molecule has 0 bridgehead atoms. The van der Waals surface area contributed by atoms with Gasteiger partial charge in [-0.25, -0.2) is 9.82 Å². The summed E-state index contributed by atoms with van der Waals surface area (Å²) in [5.74, 6) is -2.76. The monoisotopic (exact) mass is 394 g/mol. The Hall–Kier alpha value is -1.91. The second-order valence-corrected chi connectivity index (χ2v) is 7.85. The van der Waals surface area contributed by atoms with Crippen molar-refractivity contribution in [2.45, 2.75) is 70.0 Å². The molecule has 0 spiro atoms. The maximum atomic E-state index is 13.7. The number of nitrogens with zero attached hydrogens (tertiary/aromatic N) is 1. The van der Waals surface area contributed by atoms with Crippen molar-refractivity contribution in [2.24, 2.45) is 5.10 Å². The van der Waals surface area contributed by atoms with Gasteiger partial charge in [-0.05, 0) is 33.8 Å². The second-order valence-electron chi connectivity index (χ2n) is 7.85. The summed E-state index contributed by atoms with van der Waals surface area (Å²) in [5.41, 5.74) is 2.63. The molecule has 152 valence electrons. The normalized spacial score (nSPS) is 35.5. The highest BCUT2D eigenvalue weighted by Crippen LogP contribution is 2.44. The third-order valence-electron chi connectivity index (χ3n) is 4.70. The molecule has 0 unspecified atom stereocenters. The van der Waals surface area contributed by atoms with Gasteiger partial charge in [0.2, 0.25) is 0 Å². The number of rotatable bonds is 3. The molecule has 0 saturated carbocycles. The van der Waals surface area contributed by atoms with E-state index in [9.17, 15) is 9.18 Å². The molecule has 28 heavy (non-hydrogen) atoms. The lowest BCUT2D eigenvalue weighted by atomic mass is 9.98. The van der Waals surface area contributed by atoms with Crippen LogP contribution in [0.4, 0.5) is 4.39 Å². The number of hydrogen-bond donors (Lipinski definition) is 1. The largest absolute Gasteiger partial charge is 0.342 e. The van der Waals surface area contributed by atoms with Gasteiger partial charge < -0.3 is 23.7 Å². The lowest BCUT2D eigenvalue weighted by Crippen LogP contribution is -2.59. The molecule has 3 saturated heterocycles. The first-order valence-corrected chi connectivity index (χ1v) is 9.09. The number of fused-ring (bicyclic) bond motifs is 3. The maximum absolute atomic E-state index is 13.7. The van der Waals surface area contributed by atoms with Crippen molar-refractivity contribution in [3.8, 4) is 0 Å². The van der Waals surface area contributed by atoms with Gasteiger partial charge in [-0.15, -0.1) is 0 Å². The lowest BCUT2D eigenvalue weighted by Gasteiger charge is -2.36. The number of hydrazone groups is 1. The van der Waals surface area contributed by atoms with Crippen LogP contribution in [0.1, 0.15) is 33.3 Å². The SMILES string of the molecule is CC1(C)O[C@H]2[C@@H](O1)[C@@H](C(=O)NN=Cc1ccccc1F)O[C@@H]1OC(C)(C)O[C@@H]12. The average Bonchev–Trinajstić information content (AvgIpc) is 3.09. The number of carbonyl (C=O) groups excluding carboxylic acids is 1. The Kier molecular flexibility index (Phi) is 4.75. The van der Waals surface area contributed by atoms with Crippen molar-refractivity contribution in [1.82, 2.24) is 5.43 Å². The zero-order valence-electron chi connectivity index (χ0n) is 16.0. The van der Waals surface area contributed by atoms with Gasteiger partial charge in [-0.1, -0.05) is 18.2 Å². The molecule has 3 heterocycles. The van der Waals surface area contributed by atoms with E-state index in [1.54, 1.807) is 45.9 Å². The first-order valence-electron chi connectivity index (χ1n) is 9.09. The first kappa shape index (κ1) is 19.4.